The van der Waals surface area contributed by atoms with Gasteiger partial charge in [-0.25, -0.2) is 5.43 Å². The number of nitrogens with one attached hydrogen (secondary N) is 1. The highest BCUT2D eigenvalue weighted by Gasteiger charge is 2.05. The van der Waals surface area contributed by atoms with Crippen LogP contribution in [-0.2, 0) is 10.5 Å². The summed E-state index contributed by atoms with van der Waals surface area (Å²) < 4.78 is 10.8. The first-order chi connectivity index (χ1) is 13.1. The predicted molar refractivity (Wildman–Crippen MR) is 112 cm³/mol. The van der Waals surface area contributed by atoms with Crippen LogP contribution in [0.3, 0.4) is 0 Å². The monoisotopic (exact) mass is 384 g/mol. The maximum Gasteiger partial charge on any atom is 0.250 e. The second-order valence-electron chi connectivity index (χ2n) is 5.78. The van der Waals surface area contributed by atoms with Crippen molar-refractivity contribution < 1.29 is 14.3 Å². The molecule has 0 heterocycles. The first-order valence-electron chi connectivity index (χ1n) is 8.49. The molecular formula is C21H24N2O3S. The Morgan fingerprint density at radius 3 is 2.70 bits per heavy atom. The molecule has 1 N–H and O–H groups in total. The summed E-state index contributed by atoms with van der Waals surface area (Å²) in [6.45, 7) is 6.08. The van der Waals surface area contributed by atoms with Gasteiger partial charge in [-0.15, -0.1) is 11.8 Å². The number of carbonyl (C=O) groups is 1. The number of hydrazone groups is 1. The molecule has 27 heavy (non-hydrogen) atoms. The van der Waals surface area contributed by atoms with Gasteiger partial charge in [0.1, 0.15) is 6.61 Å². The van der Waals surface area contributed by atoms with Crippen molar-refractivity contribution in [2.75, 3.05) is 19.5 Å². The minimum Gasteiger partial charge on any atom is -0.493 e. The number of hydrogen-bond acceptors (Lipinski definition) is 5. The van der Waals surface area contributed by atoms with Crippen LogP contribution < -0.4 is 14.9 Å². The number of rotatable bonds is 10. The highest BCUT2D eigenvalue weighted by Crippen LogP contribution is 2.27. The molecule has 0 aromatic heterocycles. The van der Waals surface area contributed by atoms with Crippen LogP contribution >= 0.6 is 11.8 Å². The van der Waals surface area contributed by atoms with Gasteiger partial charge in [-0.05, 0) is 36.2 Å². The smallest absolute Gasteiger partial charge is 0.250 e. The summed E-state index contributed by atoms with van der Waals surface area (Å²) in [5.41, 5.74) is 5.76. The maximum absolute atomic E-state index is 11.9. The number of aryl methyl sites for hydroxylation is 1. The average molecular weight is 385 g/mol. The summed E-state index contributed by atoms with van der Waals surface area (Å²) in [6, 6.07) is 13.7. The number of amides is 1. The van der Waals surface area contributed by atoms with E-state index in [9.17, 15) is 4.79 Å². The van der Waals surface area contributed by atoms with Gasteiger partial charge in [0.2, 0.25) is 5.91 Å². The molecule has 5 nitrogen and oxygen atoms in total. The molecule has 0 aliphatic heterocycles. The zero-order chi connectivity index (χ0) is 19.5. The highest BCUT2D eigenvalue weighted by molar-refractivity contribution is 7.99. The molecule has 0 unspecified atom stereocenters. The minimum atomic E-state index is -0.138. The molecule has 0 fully saturated rings. The largest absolute Gasteiger partial charge is 0.493 e. The Bertz CT molecular complexity index is 789. The fourth-order valence-electron chi connectivity index (χ4n) is 2.19. The predicted octanol–water partition coefficient (Wildman–Crippen LogP) is 3.95. The van der Waals surface area contributed by atoms with Gasteiger partial charge in [-0.1, -0.05) is 42.5 Å². The van der Waals surface area contributed by atoms with Crippen molar-refractivity contribution >= 4 is 23.9 Å². The van der Waals surface area contributed by atoms with Crippen LogP contribution in [0.25, 0.3) is 0 Å². The van der Waals surface area contributed by atoms with E-state index >= 15 is 0 Å². The Balaban J connectivity index is 1.79. The first-order valence-corrected chi connectivity index (χ1v) is 9.64. The Hall–Kier alpha value is -2.73. The summed E-state index contributed by atoms with van der Waals surface area (Å²) >= 11 is 1.55. The van der Waals surface area contributed by atoms with Crippen molar-refractivity contribution in [3.05, 3.63) is 71.8 Å². The van der Waals surface area contributed by atoms with Crippen LogP contribution in [0.15, 0.2) is 60.2 Å². The summed E-state index contributed by atoms with van der Waals surface area (Å²) in [6.07, 6.45) is 3.24. The van der Waals surface area contributed by atoms with Crippen LogP contribution in [-0.4, -0.2) is 31.6 Å². The standard InChI is InChI=1S/C21H24N2O3S/c1-4-11-26-19-10-9-18(12-20(19)25-3)13-22-23-21(24)15-27-14-17-7-5-16(2)6-8-17/h4-10,12-13H,1,11,14-15H2,2-3H3,(H,23,24)/b22-13+. The van der Waals surface area contributed by atoms with Crippen molar-refractivity contribution in [3.8, 4) is 11.5 Å². The van der Waals surface area contributed by atoms with Gasteiger partial charge >= 0.3 is 0 Å². The van der Waals surface area contributed by atoms with E-state index in [1.54, 1.807) is 43.3 Å². The molecule has 0 saturated carbocycles. The number of ether oxygens (including phenoxy) is 2. The van der Waals surface area contributed by atoms with Gasteiger partial charge in [0.25, 0.3) is 0 Å². The summed E-state index contributed by atoms with van der Waals surface area (Å²) in [4.78, 5) is 11.9. The average Bonchev–Trinajstić information content (AvgIpc) is 2.68. The lowest BCUT2D eigenvalue weighted by Crippen LogP contribution is -2.19. The molecule has 2 aromatic carbocycles. The number of thioether (sulfide) groups is 1. The van der Waals surface area contributed by atoms with Gasteiger partial charge in [-0.3, -0.25) is 4.79 Å². The lowest BCUT2D eigenvalue weighted by molar-refractivity contribution is -0.118. The maximum atomic E-state index is 11.9. The second kappa shape index (κ2) is 11.1. The lowest BCUT2D eigenvalue weighted by atomic mass is 10.2. The van der Waals surface area contributed by atoms with E-state index in [4.69, 9.17) is 9.47 Å². The fraction of sp³-hybridized carbons (Fsp3) is 0.238. The number of methoxy groups -OCH3 is 1. The Kier molecular flexibility index (Phi) is 8.45. The van der Waals surface area contributed by atoms with E-state index in [0.29, 0.717) is 23.9 Å². The zero-order valence-electron chi connectivity index (χ0n) is 15.6. The molecule has 0 atom stereocenters. The number of hydrogen-bond donors (Lipinski definition) is 1. The number of benzene rings is 2. The molecule has 0 radical (unpaired) electrons. The molecule has 2 rings (SSSR count). The molecule has 0 bridgehead atoms. The van der Waals surface area contributed by atoms with E-state index < -0.39 is 0 Å². The van der Waals surface area contributed by atoms with Crippen LogP contribution in [0.4, 0.5) is 0 Å². The highest BCUT2D eigenvalue weighted by atomic mass is 32.2. The third kappa shape index (κ3) is 7.19. The van der Waals surface area contributed by atoms with Gasteiger partial charge in [0, 0.05) is 5.75 Å². The molecule has 1 amide bonds. The SMILES string of the molecule is C=CCOc1ccc(/C=N/NC(=O)CSCc2ccc(C)cc2)cc1OC. The van der Waals surface area contributed by atoms with Crippen molar-refractivity contribution in [1.29, 1.82) is 0 Å². The van der Waals surface area contributed by atoms with Crippen molar-refractivity contribution in [2.24, 2.45) is 5.10 Å². The Morgan fingerprint density at radius 1 is 1.22 bits per heavy atom. The Morgan fingerprint density at radius 2 is 2.00 bits per heavy atom. The molecule has 0 spiro atoms. The molecule has 0 saturated heterocycles. The fourth-order valence-corrected chi connectivity index (χ4v) is 2.97. The first kappa shape index (κ1) is 20.6. The third-order valence-electron chi connectivity index (χ3n) is 3.57. The zero-order valence-corrected chi connectivity index (χ0v) is 16.4. The normalized spacial score (nSPS) is 10.6. The van der Waals surface area contributed by atoms with E-state index in [2.05, 4.69) is 48.3 Å². The van der Waals surface area contributed by atoms with Crippen molar-refractivity contribution in [3.63, 3.8) is 0 Å². The topological polar surface area (TPSA) is 59.9 Å². The molecule has 6 heteroatoms. The van der Waals surface area contributed by atoms with Gasteiger partial charge in [0.15, 0.2) is 11.5 Å². The molecule has 0 aliphatic rings. The molecule has 2 aromatic rings. The number of carbonyl (C=O) groups excluding carboxylic acids is 1. The summed E-state index contributed by atoms with van der Waals surface area (Å²) in [5.74, 6) is 2.23. The number of nitrogens with zero attached hydrogens (tertiary/aromatic N) is 1. The van der Waals surface area contributed by atoms with Gasteiger partial charge in [-0.2, -0.15) is 5.10 Å². The van der Waals surface area contributed by atoms with Crippen LogP contribution in [0.2, 0.25) is 0 Å². The molecule has 0 aliphatic carbocycles. The molecular weight excluding hydrogens is 360 g/mol. The molecule has 142 valence electrons. The van der Waals surface area contributed by atoms with E-state index in [1.165, 1.54) is 11.1 Å². The third-order valence-corrected chi connectivity index (χ3v) is 4.57. The second-order valence-corrected chi connectivity index (χ2v) is 6.77. The van der Waals surface area contributed by atoms with Crippen LogP contribution in [0.1, 0.15) is 16.7 Å². The lowest BCUT2D eigenvalue weighted by Gasteiger charge is -2.09. The van der Waals surface area contributed by atoms with Crippen LogP contribution in [0.5, 0.6) is 11.5 Å². The minimum absolute atomic E-state index is 0.138. The van der Waals surface area contributed by atoms with Crippen molar-refractivity contribution in [2.45, 2.75) is 12.7 Å². The van der Waals surface area contributed by atoms with Crippen molar-refractivity contribution in [1.82, 2.24) is 5.43 Å². The van der Waals surface area contributed by atoms with Gasteiger partial charge < -0.3 is 9.47 Å². The van der Waals surface area contributed by atoms with Gasteiger partial charge in [0.05, 0.1) is 19.1 Å². The van der Waals surface area contributed by atoms with E-state index in [-0.39, 0.29) is 5.91 Å². The summed E-state index contributed by atoms with van der Waals surface area (Å²) in [5, 5.41) is 4.00. The van der Waals surface area contributed by atoms with Crippen LogP contribution in [0, 0.1) is 6.92 Å². The summed E-state index contributed by atoms with van der Waals surface area (Å²) in [7, 11) is 1.57. The van der Waals surface area contributed by atoms with E-state index in [0.717, 1.165) is 11.3 Å². The van der Waals surface area contributed by atoms with E-state index in [1.807, 2.05) is 6.07 Å². The Labute approximate surface area is 164 Å². The quantitative estimate of drug-likeness (QED) is 0.383.